The van der Waals surface area contributed by atoms with Crippen molar-refractivity contribution in [2.45, 2.75) is 0 Å². The molecule has 1 aromatic heterocycles. The van der Waals surface area contributed by atoms with Crippen LogP contribution in [0.25, 0.3) is 11.6 Å². The molecule has 1 aromatic carbocycles. The largest absolute Gasteiger partial charge is 0.320 e. The maximum absolute atomic E-state index is 12.0. The van der Waals surface area contributed by atoms with E-state index in [1.165, 1.54) is 0 Å². The highest BCUT2D eigenvalue weighted by molar-refractivity contribution is 6.47. The second kappa shape index (κ2) is 4.68. The van der Waals surface area contributed by atoms with Crippen molar-refractivity contribution in [3.05, 3.63) is 57.8 Å². The Morgan fingerprint density at radius 2 is 2.00 bits per heavy atom. The third-order valence-corrected chi connectivity index (χ3v) is 3.65. The number of rotatable bonds is 1. The van der Waals surface area contributed by atoms with E-state index in [-0.39, 0.29) is 5.91 Å². The molecule has 2 aromatic rings. The summed E-state index contributed by atoms with van der Waals surface area (Å²) in [5.41, 5.74) is 2.55. The number of halogens is 2. The standard InChI is InChI=1S/C14H8Cl2N2O/c15-11-5-4-9-10(7-8-3-1-2-6-17-8)14(19)18-13(9)12(11)16/h1-7H,(H,18,19)/b10-7+. The molecular formula is C14H8Cl2N2O. The van der Waals surface area contributed by atoms with Gasteiger partial charge in [0.05, 0.1) is 27.0 Å². The molecular weight excluding hydrogens is 283 g/mol. The molecule has 0 unspecified atom stereocenters. The number of fused-ring (bicyclic) bond motifs is 1. The Balaban J connectivity index is 2.14. The van der Waals surface area contributed by atoms with Crippen LogP contribution in [0.3, 0.4) is 0 Å². The van der Waals surface area contributed by atoms with Gasteiger partial charge in [0.15, 0.2) is 0 Å². The maximum Gasteiger partial charge on any atom is 0.256 e. The summed E-state index contributed by atoms with van der Waals surface area (Å²) >= 11 is 12.0. The molecule has 5 heteroatoms. The molecule has 0 saturated carbocycles. The molecule has 0 saturated heterocycles. The Morgan fingerprint density at radius 1 is 1.16 bits per heavy atom. The maximum atomic E-state index is 12.0. The van der Waals surface area contributed by atoms with Crippen molar-refractivity contribution < 1.29 is 4.79 Å². The van der Waals surface area contributed by atoms with Crippen LogP contribution in [0.5, 0.6) is 0 Å². The summed E-state index contributed by atoms with van der Waals surface area (Å²) in [6.45, 7) is 0. The van der Waals surface area contributed by atoms with Crippen molar-refractivity contribution >= 4 is 46.4 Å². The van der Waals surface area contributed by atoms with Gasteiger partial charge >= 0.3 is 0 Å². The molecule has 0 bridgehead atoms. The van der Waals surface area contributed by atoms with Gasteiger partial charge < -0.3 is 5.32 Å². The lowest BCUT2D eigenvalue weighted by Crippen LogP contribution is -2.04. The van der Waals surface area contributed by atoms with E-state index in [0.29, 0.717) is 27.0 Å². The van der Waals surface area contributed by atoms with Gasteiger partial charge in [0.1, 0.15) is 0 Å². The van der Waals surface area contributed by atoms with Gasteiger partial charge in [0.25, 0.3) is 5.91 Å². The number of benzene rings is 1. The van der Waals surface area contributed by atoms with Crippen LogP contribution in [0.2, 0.25) is 10.0 Å². The molecule has 0 spiro atoms. The molecule has 3 rings (SSSR count). The Hall–Kier alpha value is -1.84. The first kappa shape index (κ1) is 12.2. The van der Waals surface area contributed by atoms with Crippen LogP contribution in [-0.4, -0.2) is 10.9 Å². The summed E-state index contributed by atoms with van der Waals surface area (Å²) in [4.78, 5) is 16.2. The average molecular weight is 291 g/mol. The Labute approximate surface area is 119 Å². The molecule has 0 aliphatic carbocycles. The molecule has 94 valence electrons. The number of nitrogens with one attached hydrogen (secondary N) is 1. The van der Waals surface area contributed by atoms with Crippen LogP contribution in [0.1, 0.15) is 11.3 Å². The van der Waals surface area contributed by atoms with E-state index >= 15 is 0 Å². The van der Waals surface area contributed by atoms with E-state index in [9.17, 15) is 4.79 Å². The molecule has 0 fully saturated rings. The first-order chi connectivity index (χ1) is 9.16. The molecule has 19 heavy (non-hydrogen) atoms. The van der Waals surface area contributed by atoms with Gasteiger partial charge in [-0.1, -0.05) is 35.3 Å². The van der Waals surface area contributed by atoms with Crippen LogP contribution in [-0.2, 0) is 4.79 Å². The number of pyridine rings is 1. The van der Waals surface area contributed by atoms with Gasteiger partial charge in [-0.15, -0.1) is 0 Å². The normalized spacial score (nSPS) is 15.5. The van der Waals surface area contributed by atoms with Crippen LogP contribution in [0.4, 0.5) is 5.69 Å². The molecule has 1 amide bonds. The summed E-state index contributed by atoms with van der Waals surface area (Å²) in [5.74, 6) is -0.204. The number of anilines is 1. The predicted molar refractivity (Wildman–Crippen MR) is 77.2 cm³/mol. The van der Waals surface area contributed by atoms with Gasteiger partial charge in [-0.25, -0.2) is 0 Å². The molecule has 1 N–H and O–H groups in total. The second-order valence-corrected chi connectivity index (χ2v) is 4.84. The summed E-state index contributed by atoms with van der Waals surface area (Å²) in [7, 11) is 0. The third kappa shape index (κ3) is 2.11. The quantitative estimate of drug-likeness (QED) is 0.810. The fourth-order valence-electron chi connectivity index (χ4n) is 1.95. The number of nitrogens with zero attached hydrogens (tertiary/aromatic N) is 1. The van der Waals surface area contributed by atoms with Gasteiger partial charge in [-0.2, -0.15) is 0 Å². The van der Waals surface area contributed by atoms with Crippen LogP contribution in [0, 0.1) is 0 Å². The highest BCUT2D eigenvalue weighted by atomic mass is 35.5. The predicted octanol–water partition coefficient (Wildman–Crippen LogP) is 3.88. The summed E-state index contributed by atoms with van der Waals surface area (Å²) < 4.78 is 0. The van der Waals surface area contributed by atoms with Gasteiger partial charge in [-0.3, -0.25) is 9.78 Å². The molecule has 1 aliphatic heterocycles. The minimum absolute atomic E-state index is 0.204. The highest BCUT2D eigenvalue weighted by Crippen LogP contribution is 2.41. The summed E-state index contributed by atoms with van der Waals surface area (Å²) in [6.07, 6.45) is 3.40. The SMILES string of the molecule is O=C1Nc2c(ccc(Cl)c2Cl)/C1=C\c1ccccn1. The fraction of sp³-hybridized carbons (Fsp3) is 0. The monoisotopic (exact) mass is 290 g/mol. The molecule has 1 aliphatic rings. The Morgan fingerprint density at radius 3 is 2.74 bits per heavy atom. The lowest BCUT2D eigenvalue weighted by atomic mass is 10.1. The van der Waals surface area contributed by atoms with E-state index in [1.54, 1.807) is 24.4 Å². The number of hydrogen-bond donors (Lipinski definition) is 1. The minimum atomic E-state index is -0.204. The second-order valence-electron chi connectivity index (χ2n) is 4.05. The van der Waals surface area contributed by atoms with Crippen LogP contribution in [0.15, 0.2) is 36.5 Å². The van der Waals surface area contributed by atoms with E-state index in [2.05, 4.69) is 10.3 Å². The average Bonchev–Trinajstić information content (AvgIpc) is 2.73. The molecule has 0 atom stereocenters. The van der Waals surface area contributed by atoms with Crippen molar-refractivity contribution in [3.8, 4) is 0 Å². The van der Waals surface area contributed by atoms with Crippen molar-refractivity contribution in [2.24, 2.45) is 0 Å². The topological polar surface area (TPSA) is 42.0 Å². The number of aromatic nitrogens is 1. The zero-order valence-corrected chi connectivity index (χ0v) is 11.2. The van der Waals surface area contributed by atoms with E-state index in [1.807, 2.05) is 18.2 Å². The number of amides is 1. The Bertz CT molecular complexity index is 696. The van der Waals surface area contributed by atoms with Crippen LogP contribution < -0.4 is 5.32 Å². The van der Waals surface area contributed by atoms with Gasteiger partial charge in [0.2, 0.25) is 0 Å². The first-order valence-corrected chi connectivity index (χ1v) is 6.35. The molecule has 3 nitrogen and oxygen atoms in total. The highest BCUT2D eigenvalue weighted by Gasteiger charge is 2.27. The number of carbonyl (C=O) groups excluding carboxylic acids is 1. The Kier molecular flexibility index (Phi) is 3.01. The smallest absolute Gasteiger partial charge is 0.256 e. The van der Waals surface area contributed by atoms with Gasteiger partial charge in [0, 0.05) is 11.8 Å². The van der Waals surface area contributed by atoms with E-state index < -0.39 is 0 Å². The zero-order chi connectivity index (χ0) is 13.4. The number of carbonyl (C=O) groups is 1. The van der Waals surface area contributed by atoms with E-state index in [0.717, 1.165) is 5.56 Å². The molecule has 0 radical (unpaired) electrons. The van der Waals surface area contributed by atoms with Crippen molar-refractivity contribution in [2.75, 3.05) is 5.32 Å². The molecule has 2 heterocycles. The van der Waals surface area contributed by atoms with Crippen molar-refractivity contribution in [1.82, 2.24) is 4.98 Å². The summed E-state index contributed by atoms with van der Waals surface area (Å²) in [6, 6.07) is 8.96. The zero-order valence-electron chi connectivity index (χ0n) is 9.65. The van der Waals surface area contributed by atoms with Gasteiger partial charge in [-0.05, 0) is 24.3 Å². The van der Waals surface area contributed by atoms with E-state index in [4.69, 9.17) is 23.2 Å². The lowest BCUT2D eigenvalue weighted by Gasteiger charge is -2.02. The first-order valence-electron chi connectivity index (χ1n) is 5.59. The van der Waals surface area contributed by atoms with Crippen molar-refractivity contribution in [1.29, 1.82) is 0 Å². The fourth-order valence-corrected chi connectivity index (χ4v) is 2.32. The third-order valence-electron chi connectivity index (χ3n) is 2.85. The lowest BCUT2D eigenvalue weighted by molar-refractivity contribution is -0.110. The van der Waals surface area contributed by atoms with Crippen LogP contribution >= 0.6 is 23.2 Å². The van der Waals surface area contributed by atoms with Crippen molar-refractivity contribution in [3.63, 3.8) is 0 Å². The summed E-state index contributed by atoms with van der Waals surface area (Å²) in [5, 5.41) is 3.50. The number of hydrogen-bond acceptors (Lipinski definition) is 2. The minimum Gasteiger partial charge on any atom is -0.320 e.